The van der Waals surface area contributed by atoms with E-state index < -0.39 is 0 Å². The lowest BCUT2D eigenvalue weighted by molar-refractivity contribution is -0.736. The second-order valence-corrected chi connectivity index (χ2v) is 3.65. The Morgan fingerprint density at radius 1 is 1.20 bits per heavy atom. The number of anilines is 1. The van der Waals surface area contributed by atoms with Crippen LogP contribution in [0.2, 0.25) is 0 Å². The molecule has 1 saturated heterocycles. The molecular formula is C11H15N2O2+. The van der Waals surface area contributed by atoms with Gasteiger partial charge in [0.1, 0.15) is 0 Å². The van der Waals surface area contributed by atoms with Crippen molar-refractivity contribution in [3.63, 3.8) is 0 Å². The molecule has 80 valence electrons. The Morgan fingerprint density at radius 3 is 2.33 bits per heavy atom. The maximum atomic E-state index is 11.1. The maximum Gasteiger partial charge on any atom is 0.316 e. The van der Waals surface area contributed by atoms with Crippen LogP contribution in [0.15, 0.2) is 24.3 Å². The van der Waals surface area contributed by atoms with Gasteiger partial charge in [-0.2, -0.15) is 0 Å². The predicted octanol–water partition coefficient (Wildman–Crippen LogP) is 2.26. The molecule has 1 aromatic rings. The van der Waals surface area contributed by atoms with Crippen molar-refractivity contribution in [3.8, 4) is 0 Å². The first-order chi connectivity index (χ1) is 7.31. The Kier molecular flexibility index (Phi) is 2.85. The molecule has 2 rings (SSSR count). The van der Waals surface area contributed by atoms with E-state index in [0.717, 1.165) is 13.1 Å². The largest absolute Gasteiger partial charge is 0.372 e. The van der Waals surface area contributed by atoms with Gasteiger partial charge in [-0.15, -0.1) is 0 Å². The maximum absolute atomic E-state index is 11.1. The average Bonchev–Trinajstić information content (AvgIpc) is 2.82. The van der Waals surface area contributed by atoms with Crippen molar-refractivity contribution < 1.29 is 9.76 Å². The zero-order chi connectivity index (χ0) is 10.7. The topological polar surface area (TPSA) is 32.6 Å². The first kappa shape index (κ1) is 9.96. The fraction of sp³-hybridized carbons (Fsp3) is 0.455. The molecule has 0 atom stereocenters. The molecule has 1 heterocycles. The molecule has 0 saturated carbocycles. The Balaban J connectivity index is 2.12. The molecule has 4 nitrogen and oxygen atoms in total. The van der Waals surface area contributed by atoms with Crippen molar-refractivity contribution in [1.82, 2.24) is 0 Å². The Hall–Kier alpha value is -1.58. The lowest BCUT2D eigenvalue weighted by Crippen LogP contribution is -2.17. The zero-order valence-electron chi connectivity index (χ0n) is 8.85. The lowest BCUT2D eigenvalue weighted by Gasteiger charge is -2.16. The Bertz CT molecular complexity index is 342. The van der Waals surface area contributed by atoms with Gasteiger partial charge in [-0.1, -0.05) is 0 Å². The fourth-order valence-corrected chi connectivity index (χ4v) is 1.87. The minimum Gasteiger partial charge on any atom is -0.372 e. The van der Waals surface area contributed by atoms with Crippen molar-refractivity contribution in [2.45, 2.75) is 12.8 Å². The summed E-state index contributed by atoms with van der Waals surface area (Å²) in [6.45, 7) is 2.23. The van der Waals surface area contributed by atoms with E-state index in [9.17, 15) is 4.91 Å². The van der Waals surface area contributed by atoms with E-state index in [1.54, 1.807) is 12.1 Å². The summed E-state index contributed by atoms with van der Waals surface area (Å²) in [5.74, 6) is 0. The summed E-state index contributed by atoms with van der Waals surface area (Å²) in [6.07, 6.45) is 2.51. The van der Waals surface area contributed by atoms with Crippen LogP contribution in [0.4, 0.5) is 11.4 Å². The highest BCUT2D eigenvalue weighted by atomic mass is 16.8. The van der Waals surface area contributed by atoms with Gasteiger partial charge in [-0.25, -0.2) is 4.84 Å². The molecular weight excluding hydrogens is 192 g/mol. The van der Waals surface area contributed by atoms with Crippen molar-refractivity contribution in [1.29, 1.82) is 0 Å². The van der Waals surface area contributed by atoms with Gasteiger partial charge in [-0.3, -0.25) is 0 Å². The van der Waals surface area contributed by atoms with Gasteiger partial charge < -0.3 is 4.90 Å². The molecule has 0 bridgehead atoms. The smallest absolute Gasteiger partial charge is 0.316 e. The Labute approximate surface area is 89.0 Å². The molecule has 0 N–H and O–H groups in total. The standard InChI is InChI=1S/C11H15N2O2/c1-15-13(14)11-6-4-10(5-7-11)12-8-2-3-9-12/h4-7H,2-3,8-9H2,1H3/q+1. The summed E-state index contributed by atoms with van der Waals surface area (Å²) in [5.41, 5.74) is 1.71. The van der Waals surface area contributed by atoms with E-state index in [1.165, 1.54) is 25.6 Å². The normalized spacial score (nSPS) is 15.4. The van der Waals surface area contributed by atoms with Crippen molar-refractivity contribution in [2.75, 3.05) is 25.1 Å². The highest BCUT2D eigenvalue weighted by Crippen LogP contribution is 2.22. The molecule has 1 aromatic carbocycles. The van der Waals surface area contributed by atoms with Crippen molar-refractivity contribution in [3.05, 3.63) is 29.2 Å². The predicted molar refractivity (Wildman–Crippen MR) is 58.2 cm³/mol. The number of hydrogen-bond acceptors (Lipinski definition) is 3. The lowest BCUT2D eigenvalue weighted by atomic mass is 10.2. The van der Waals surface area contributed by atoms with Crippen LogP contribution in [0.3, 0.4) is 0 Å². The summed E-state index contributed by atoms with van der Waals surface area (Å²) in [4.78, 5) is 18.5. The summed E-state index contributed by atoms with van der Waals surface area (Å²) in [7, 11) is 1.36. The fourth-order valence-electron chi connectivity index (χ4n) is 1.87. The number of hydrogen-bond donors (Lipinski definition) is 0. The van der Waals surface area contributed by atoms with Crippen LogP contribution in [-0.2, 0) is 4.84 Å². The molecule has 0 spiro atoms. The van der Waals surface area contributed by atoms with Gasteiger partial charge in [0, 0.05) is 30.9 Å². The molecule has 1 aliphatic heterocycles. The third-order valence-electron chi connectivity index (χ3n) is 2.70. The highest BCUT2D eigenvalue weighted by molar-refractivity contribution is 5.51. The van der Waals surface area contributed by atoms with Crippen LogP contribution in [0, 0.1) is 4.91 Å². The second kappa shape index (κ2) is 4.29. The minimum atomic E-state index is 0.508. The molecule has 0 radical (unpaired) electrons. The number of rotatable bonds is 3. The van der Waals surface area contributed by atoms with Crippen LogP contribution in [0.5, 0.6) is 0 Å². The van der Waals surface area contributed by atoms with Gasteiger partial charge >= 0.3 is 5.69 Å². The SMILES string of the molecule is CO[N+](=O)c1ccc(N2CCCC2)cc1. The molecule has 0 unspecified atom stereocenters. The Morgan fingerprint density at radius 2 is 1.80 bits per heavy atom. The first-order valence-electron chi connectivity index (χ1n) is 5.17. The van der Waals surface area contributed by atoms with Gasteiger partial charge in [0.05, 0.1) is 4.91 Å². The van der Waals surface area contributed by atoms with Gasteiger partial charge in [-0.05, 0) is 25.0 Å². The van der Waals surface area contributed by atoms with E-state index in [0.29, 0.717) is 10.6 Å². The van der Waals surface area contributed by atoms with E-state index in [2.05, 4.69) is 9.74 Å². The minimum absolute atomic E-state index is 0.508. The third kappa shape index (κ3) is 2.09. The van der Waals surface area contributed by atoms with Gasteiger partial charge in [0.25, 0.3) is 4.92 Å². The molecule has 0 aromatic heterocycles. The van der Waals surface area contributed by atoms with Gasteiger partial charge in [0.2, 0.25) is 0 Å². The van der Waals surface area contributed by atoms with Crippen LogP contribution in [0.25, 0.3) is 0 Å². The quantitative estimate of drug-likeness (QED) is 0.713. The molecule has 4 heteroatoms. The van der Waals surface area contributed by atoms with Crippen LogP contribution in [-0.4, -0.2) is 25.1 Å². The van der Waals surface area contributed by atoms with E-state index in [4.69, 9.17) is 0 Å². The highest BCUT2D eigenvalue weighted by Gasteiger charge is 2.16. The van der Waals surface area contributed by atoms with Crippen LogP contribution in [0.1, 0.15) is 12.8 Å². The summed E-state index contributed by atoms with van der Waals surface area (Å²) < 4.78 is 0. The van der Waals surface area contributed by atoms with E-state index >= 15 is 0 Å². The van der Waals surface area contributed by atoms with Crippen LogP contribution >= 0.6 is 0 Å². The average molecular weight is 207 g/mol. The molecule has 0 amide bonds. The van der Waals surface area contributed by atoms with E-state index in [1.807, 2.05) is 12.1 Å². The zero-order valence-corrected chi connectivity index (χ0v) is 8.85. The molecule has 1 aliphatic rings. The molecule has 1 fully saturated rings. The number of benzene rings is 1. The van der Waals surface area contributed by atoms with E-state index in [-0.39, 0.29) is 0 Å². The van der Waals surface area contributed by atoms with Crippen molar-refractivity contribution in [2.24, 2.45) is 0 Å². The summed E-state index contributed by atoms with van der Waals surface area (Å²) >= 11 is 0. The monoisotopic (exact) mass is 207 g/mol. The number of nitrogens with zero attached hydrogens (tertiary/aromatic N) is 2. The van der Waals surface area contributed by atoms with Crippen LogP contribution < -0.4 is 4.90 Å². The van der Waals surface area contributed by atoms with Gasteiger partial charge in [0.15, 0.2) is 7.11 Å². The molecule has 0 aliphatic carbocycles. The molecule has 15 heavy (non-hydrogen) atoms. The third-order valence-corrected chi connectivity index (χ3v) is 2.70. The van der Waals surface area contributed by atoms with Crippen molar-refractivity contribution >= 4 is 11.4 Å². The summed E-state index contributed by atoms with van der Waals surface area (Å²) in [6, 6.07) is 7.49. The summed E-state index contributed by atoms with van der Waals surface area (Å²) in [5, 5.41) is 0. The first-order valence-corrected chi connectivity index (χ1v) is 5.17. The second-order valence-electron chi connectivity index (χ2n) is 3.65.